The van der Waals surface area contributed by atoms with Crippen LogP contribution in [0.25, 0.3) is 0 Å². The van der Waals surface area contributed by atoms with Gasteiger partial charge >= 0.3 is 5.97 Å². The first-order valence-corrected chi connectivity index (χ1v) is 6.53. The Balaban J connectivity index is 2.15. The van der Waals surface area contributed by atoms with Crippen molar-refractivity contribution in [3.63, 3.8) is 0 Å². The SMILES string of the molecule is CCOC(=O)CC(=O)COCC1CC=CCC1C. The molecule has 0 amide bonds. The van der Waals surface area contributed by atoms with E-state index in [1.54, 1.807) is 6.92 Å². The highest BCUT2D eigenvalue weighted by Crippen LogP contribution is 2.24. The molecule has 0 aliphatic heterocycles. The maximum atomic E-state index is 11.4. The van der Waals surface area contributed by atoms with E-state index in [1.807, 2.05) is 0 Å². The Bertz CT molecular complexity index is 309. The Hall–Kier alpha value is -1.16. The number of hydrogen-bond donors (Lipinski definition) is 0. The first-order valence-electron chi connectivity index (χ1n) is 6.53. The van der Waals surface area contributed by atoms with Crippen LogP contribution < -0.4 is 0 Å². The smallest absolute Gasteiger partial charge is 0.313 e. The Morgan fingerprint density at radius 2 is 2.00 bits per heavy atom. The van der Waals surface area contributed by atoms with E-state index in [-0.39, 0.29) is 18.8 Å². The van der Waals surface area contributed by atoms with E-state index in [9.17, 15) is 9.59 Å². The van der Waals surface area contributed by atoms with Gasteiger partial charge in [-0.3, -0.25) is 9.59 Å². The van der Waals surface area contributed by atoms with Crippen molar-refractivity contribution < 1.29 is 19.1 Å². The highest BCUT2D eigenvalue weighted by atomic mass is 16.5. The van der Waals surface area contributed by atoms with Crippen molar-refractivity contribution in [2.24, 2.45) is 11.8 Å². The first-order chi connectivity index (χ1) is 8.63. The van der Waals surface area contributed by atoms with Gasteiger partial charge in [-0.1, -0.05) is 19.1 Å². The molecule has 2 atom stereocenters. The van der Waals surface area contributed by atoms with Crippen LogP contribution in [0.2, 0.25) is 0 Å². The van der Waals surface area contributed by atoms with E-state index < -0.39 is 5.97 Å². The monoisotopic (exact) mass is 254 g/mol. The summed E-state index contributed by atoms with van der Waals surface area (Å²) in [6.07, 6.45) is 6.24. The lowest BCUT2D eigenvalue weighted by molar-refractivity contribution is -0.146. The van der Waals surface area contributed by atoms with Gasteiger partial charge in [0.05, 0.1) is 13.2 Å². The van der Waals surface area contributed by atoms with Crippen LogP contribution >= 0.6 is 0 Å². The zero-order valence-corrected chi connectivity index (χ0v) is 11.2. The molecule has 4 nitrogen and oxygen atoms in total. The van der Waals surface area contributed by atoms with Crippen LogP contribution in [0.4, 0.5) is 0 Å². The van der Waals surface area contributed by atoms with Crippen molar-refractivity contribution in [2.75, 3.05) is 19.8 Å². The first kappa shape index (κ1) is 14.9. The summed E-state index contributed by atoms with van der Waals surface area (Å²) in [4.78, 5) is 22.5. The number of ether oxygens (including phenoxy) is 2. The summed E-state index contributed by atoms with van der Waals surface area (Å²) in [6.45, 7) is 4.81. The number of hydrogen-bond acceptors (Lipinski definition) is 4. The predicted molar refractivity (Wildman–Crippen MR) is 68.1 cm³/mol. The van der Waals surface area contributed by atoms with Crippen molar-refractivity contribution in [2.45, 2.75) is 33.1 Å². The van der Waals surface area contributed by atoms with E-state index in [4.69, 9.17) is 9.47 Å². The summed E-state index contributed by atoms with van der Waals surface area (Å²) in [6, 6.07) is 0. The number of ketones is 1. The topological polar surface area (TPSA) is 52.6 Å². The molecular formula is C14H22O4. The normalized spacial score (nSPS) is 22.8. The lowest BCUT2D eigenvalue weighted by atomic mass is 9.85. The van der Waals surface area contributed by atoms with Gasteiger partial charge in [0.1, 0.15) is 13.0 Å². The van der Waals surface area contributed by atoms with Gasteiger partial charge < -0.3 is 9.47 Å². The molecule has 0 N–H and O–H groups in total. The van der Waals surface area contributed by atoms with Crippen LogP contribution in [0.1, 0.15) is 33.1 Å². The average molecular weight is 254 g/mol. The van der Waals surface area contributed by atoms with E-state index in [2.05, 4.69) is 19.1 Å². The maximum absolute atomic E-state index is 11.4. The highest BCUT2D eigenvalue weighted by Gasteiger charge is 2.19. The zero-order chi connectivity index (χ0) is 13.4. The summed E-state index contributed by atoms with van der Waals surface area (Å²) in [7, 11) is 0. The molecule has 1 rings (SSSR count). The van der Waals surface area contributed by atoms with Gasteiger partial charge in [0, 0.05) is 0 Å². The summed E-state index contributed by atoms with van der Waals surface area (Å²) < 4.78 is 10.1. The molecular weight excluding hydrogens is 232 g/mol. The van der Waals surface area contributed by atoms with Crippen LogP contribution in [0, 0.1) is 11.8 Å². The maximum Gasteiger partial charge on any atom is 0.313 e. The van der Waals surface area contributed by atoms with Gasteiger partial charge in [-0.15, -0.1) is 0 Å². The van der Waals surface area contributed by atoms with Crippen molar-refractivity contribution in [3.8, 4) is 0 Å². The second kappa shape index (κ2) is 8.03. The zero-order valence-electron chi connectivity index (χ0n) is 11.2. The molecule has 2 unspecified atom stereocenters. The number of Topliss-reactive ketones (excluding diaryl/α,β-unsaturated/α-hetero) is 1. The van der Waals surface area contributed by atoms with Crippen molar-refractivity contribution in [1.29, 1.82) is 0 Å². The molecule has 18 heavy (non-hydrogen) atoms. The molecule has 0 aromatic rings. The molecule has 0 heterocycles. The lowest BCUT2D eigenvalue weighted by Gasteiger charge is -2.24. The molecule has 102 valence electrons. The van der Waals surface area contributed by atoms with Gasteiger partial charge in [-0.2, -0.15) is 0 Å². The van der Waals surface area contributed by atoms with Gasteiger partial charge in [0.25, 0.3) is 0 Å². The second-order valence-electron chi connectivity index (χ2n) is 4.72. The van der Waals surface area contributed by atoms with Crippen molar-refractivity contribution in [1.82, 2.24) is 0 Å². The van der Waals surface area contributed by atoms with Crippen LogP contribution in [0.5, 0.6) is 0 Å². The van der Waals surface area contributed by atoms with Crippen LogP contribution in [-0.2, 0) is 19.1 Å². The average Bonchev–Trinajstić information content (AvgIpc) is 2.31. The lowest BCUT2D eigenvalue weighted by Crippen LogP contribution is -2.22. The quantitative estimate of drug-likeness (QED) is 0.397. The molecule has 0 saturated heterocycles. The summed E-state index contributed by atoms with van der Waals surface area (Å²) in [5.74, 6) is 0.382. The van der Waals surface area contributed by atoms with E-state index in [1.165, 1.54) is 0 Å². The molecule has 0 radical (unpaired) electrons. The third-order valence-corrected chi connectivity index (χ3v) is 3.16. The number of carbonyl (C=O) groups excluding carboxylic acids is 2. The fraction of sp³-hybridized carbons (Fsp3) is 0.714. The molecule has 1 aliphatic carbocycles. The minimum absolute atomic E-state index is 0.00570. The standard InChI is InChI=1S/C14H22O4/c1-3-18-14(16)8-13(15)10-17-9-12-7-5-4-6-11(12)2/h4-5,11-12H,3,6-10H2,1-2H3. The van der Waals surface area contributed by atoms with Gasteiger partial charge in [0.2, 0.25) is 0 Å². The highest BCUT2D eigenvalue weighted by molar-refractivity contribution is 5.96. The molecule has 0 fully saturated rings. The third kappa shape index (κ3) is 5.45. The molecule has 4 heteroatoms. The molecule has 0 bridgehead atoms. The largest absolute Gasteiger partial charge is 0.466 e. The Morgan fingerprint density at radius 1 is 1.28 bits per heavy atom. The molecule has 1 aliphatic rings. The molecule has 0 aromatic heterocycles. The Labute approximate surface area is 108 Å². The Kier molecular flexibility index (Phi) is 6.65. The van der Waals surface area contributed by atoms with Crippen molar-refractivity contribution >= 4 is 11.8 Å². The fourth-order valence-corrected chi connectivity index (χ4v) is 1.99. The number of carbonyl (C=O) groups is 2. The van der Waals surface area contributed by atoms with Gasteiger partial charge in [-0.05, 0) is 31.6 Å². The van der Waals surface area contributed by atoms with E-state index >= 15 is 0 Å². The van der Waals surface area contributed by atoms with E-state index in [0.717, 1.165) is 12.8 Å². The summed E-state index contributed by atoms with van der Waals surface area (Å²) >= 11 is 0. The summed E-state index contributed by atoms with van der Waals surface area (Å²) in [5.41, 5.74) is 0. The fourth-order valence-electron chi connectivity index (χ4n) is 1.99. The number of allylic oxidation sites excluding steroid dienone is 2. The number of esters is 1. The van der Waals surface area contributed by atoms with Crippen LogP contribution in [-0.4, -0.2) is 31.6 Å². The third-order valence-electron chi connectivity index (χ3n) is 3.16. The minimum Gasteiger partial charge on any atom is -0.466 e. The Morgan fingerprint density at radius 3 is 2.67 bits per heavy atom. The van der Waals surface area contributed by atoms with Gasteiger partial charge in [0.15, 0.2) is 5.78 Å². The predicted octanol–water partition coefficient (Wildman–Crippen LogP) is 2.13. The molecule has 0 saturated carbocycles. The van der Waals surface area contributed by atoms with Crippen molar-refractivity contribution in [3.05, 3.63) is 12.2 Å². The number of rotatable bonds is 7. The van der Waals surface area contributed by atoms with Crippen LogP contribution in [0.15, 0.2) is 12.2 Å². The minimum atomic E-state index is -0.472. The second-order valence-corrected chi connectivity index (χ2v) is 4.72. The summed E-state index contributed by atoms with van der Waals surface area (Å²) in [5, 5.41) is 0. The van der Waals surface area contributed by atoms with Crippen LogP contribution in [0.3, 0.4) is 0 Å². The van der Waals surface area contributed by atoms with E-state index in [0.29, 0.717) is 25.0 Å². The molecule has 0 spiro atoms. The molecule has 0 aromatic carbocycles. The van der Waals surface area contributed by atoms with Gasteiger partial charge in [-0.25, -0.2) is 0 Å².